The molecule has 2 saturated carbocycles. The van der Waals surface area contributed by atoms with Crippen LogP contribution in [0.1, 0.15) is 35.6 Å². The molecule has 2 N–H and O–H groups in total. The number of aryl methyl sites for hydroxylation is 2. The third-order valence-corrected chi connectivity index (χ3v) is 4.85. The minimum Gasteiger partial charge on any atom is -0.392 e. The molecule has 2 aliphatic rings. The van der Waals surface area contributed by atoms with Crippen molar-refractivity contribution in [3.63, 3.8) is 0 Å². The van der Waals surface area contributed by atoms with Gasteiger partial charge in [0.2, 0.25) is 0 Å². The van der Waals surface area contributed by atoms with Gasteiger partial charge < -0.3 is 10.2 Å². The fourth-order valence-electron chi connectivity index (χ4n) is 3.52. The van der Waals surface area contributed by atoms with E-state index < -0.39 is 12.2 Å². The van der Waals surface area contributed by atoms with Gasteiger partial charge >= 0.3 is 0 Å². The van der Waals surface area contributed by atoms with Gasteiger partial charge in [-0.15, -0.1) is 0 Å². The summed E-state index contributed by atoms with van der Waals surface area (Å²) in [6.45, 7) is 3.97. The summed E-state index contributed by atoms with van der Waals surface area (Å²) in [6, 6.07) is 5.86. The van der Waals surface area contributed by atoms with Crippen molar-refractivity contribution in [2.24, 2.45) is 17.8 Å². The number of hydrogen-bond donors (Lipinski definition) is 2. The smallest absolute Gasteiger partial charge is 0.140 e. The first-order valence-corrected chi connectivity index (χ1v) is 7.44. The molecule has 2 aliphatic carbocycles. The summed E-state index contributed by atoms with van der Waals surface area (Å²) in [5.41, 5.74) is 2.97. The van der Waals surface area contributed by atoms with Crippen molar-refractivity contribution in [1.29, 1.82) is 0 Å². The van der Waals surface area contributed by atoms with Crippen molar-refractivity contribution in [1.82, 2.24) is 0 Å². The van der Waals surface area contributed by atoms with Gasteiger partial charge in [0, 0.05) is 24.2 Å². The fourth-order valence-corrected chi connectivity index (χ4v) is 3.52. The van der Waals surface area contributed by atoms with E-state index in [9.17, 15) is 15.0 Å². The van der Waals surface area contributed by atoms with Crippen LogP contribution in [0.5, 0.6) is 0 Å². The minimum atomic E-state index is -0.841. The maximum atomic E-state index is 11.4. The van der Waals surface area contributed by atoms with Crippen LogP contribution >= 0.6 is 0 Å². The SMILES string of the molecule is Cc1ccc(C(O)C#CC2CC3C(=O)CC3C2O)c(C)c1. The Balaban J connectivity index is 1.74. The molecule has 0 radical (unpaired) electrons. The molecular formula is C18H20O3. The third kappa shape index (κ3) is 2.50. The molecule has 0 amide bonds. The number of rotatable bonds is 1. The number of ketones is 1. The first kappa shape index (κ1) is 14.3. The van der Waals surface area contributed by atoms with Crippen LogP contribution in [0.25, 0.3) is 0 Å². The van der Waals surface area contributed by atoms with Crippen LogP contribution in [0, 0.1) is 43.4 Å². The second-order valence-corrected chi connectivity index (χ2v) is 6.32. The molecule has 5 atom stereocenters. The largest absolute Gasteiger partial charge is 0.392 e. The lowest BCUT2D eigenvalue weighted by atomic mass is 9.74. The lowest BCUT2D eigenvalue weighted by Gasteiger charge is -2.29. The highest BCUT2D eigenvalue weighted by molar-refractivity contribution is 5.88. The number of benzene rings is 1. The number of Topliss-reactive ketones (excluding diaryl/α,β-unsaturated/α-hetero) is 1. The van der Waals surface area contributed by atoms with E-state index in [-0.39, 0.29) is 23.5 Å². The lowest BCUT2D eigenvalue weighted by molar-refractivity contribution is -0.135. The summed E-state index contributed by atoms with van der Waals surface area (Å²) >= 11 is 0. The Morgan fingerprint density at radius 3 is 2.71 bits per heavy atom. The molecule has 21 heavy (non-hydrogen) atoms. The zero-order chi connectivity index (χ0) is 15.1. The topological polar surface area (TPSA) is 57.5 Å². The summed E-state index contributed by atoms with van der Waals surface area (Å²) in [4.78, 5) is 11.4. The summed E-state index contributed by atoms with van der Waals surface area (Å²) in [5.74, 6) is 5.99. The van der Waals surface area contributed by atoms with Crippen LogP contribution in [0.4, 0.5) is 0 Å². The molecule has 0 bridgehead atoms. The van der Waals surface area contributed by atoms with Gasteiger partial charge in [0.1, 0.15) is 11.9 Å². The maximum Gasteiger partial charge on any atom is 0.140 e. The highest BCUT2D eigenvalue weighted by atomic mass is 16.3. The molecule has 3 nitrogen and oxygen atoms in total. The van der Waals surface area contributed by atoms with Crippen LogP contribution in [0.15, 0.2) is 18.2 Å². The molecule has 110 valence electrons. The van der Waals surface area contributed by atoms with Gasteiger partial charge in [-0.05, 0) is 31.4 Å². The minimum absolute atomic E-state index is 0.00226. The Bertz CT molecular complexity index is 638. The van der Waals surface area contributed by atoms with E-state index >= 15 is 0 Å². The van der Waals surface area contributed by atoms with Gasteiger partial charge in [0.25, 0.3) is 0 Å². The monoisotopic (exact) mass is 284 g/mol. The fraction of sp³-hybridized carbons (Fsp3) is 0.500. The number of hydrogen-bond acceptors (Lipinski definition) is 3. The molecule has 3 heteroatoms. The number of fused-ring (bicyclic) bond motifs is 1. The average Bonchev–Trinajstić information content (AvgIpc) is 2.68. The van der Waals surface area contributed by atoms with Crippen LogP contribution in [0.2, 0.25) is 0 Å². The zero-order valence-corrected chi connectivity index (χ0v) is 12.3. The quantitative estimate of drug-likeness (QED) is 0.775. The molecule has 0 aromatic heterocycles. The van der Waals surface area contributed by atoms with E-state index in [0.29, 0.717) is 12.8 Å². The summed E-state index contributed by atoms with van der Waals surface area (Å²) in [5, 5.41) is 20.4. The molecule has 3 rings (SSSR count). The highest BCUT2D eigenvalue weighted by Crippen LogP contribution is 2.47. The van der Waals surface area contributed by atoms with E-state index in [2.05, 4.69) is 11.8 Å². The summed E-state index contributed by atoms with van der Waals surface area (Å²) in [7, 11) is 0. The second kappa shape index (κ2) is 5.29. The average molecular weight is 284 g/mol. The van der Waals surface area contributed by atoms with Gasteiger partial charge in [0.05, 0.1) is 6.10 Å². The Morgan fingerprint density at radius 2 is 2.10 bits per heavy atom. The predicted molar refractivity (Wildman–Crippen MR) is 79.4 cm³/mol. The first-order valence-electron chi connectivity index (χ1n) is 7.44. The standard InChI is InChI=1S/C18H20O3/c1-10-3-5-13(11(2)7-10)16(19)6-4-12-8-14-15(18(12)21)9-17(14)20/h3,5,7,12,14-16,18-19,21H,8-9H2,1-2H3. The van der Waals surface area contributed by atoms with Gasteiger partial charge in [-0.25, -0.2) is 0 Å². The maximum absolute atomic E-state index is 11.4. The first-order chi connectivity index (χ1) is 9.97. The second-order valence-electron chi connectivity index (χ2n) is 6.32. The van der Waals surface area contributed by atoms with Gasteiger partial charge in [-0.3, -0.25) is 4.79 Å². The Morgan fingerprint density at radius 1 is 1.33 bits per heavy atom. The van der Waals surface area contributed by atoms with E-state index in [4.69, 9.17) is 0 Å². The van der Waals surface area contributed by atoms with Gasteiger partial charge in [-0.2, -0.15) is 0 Å². The Labute approximate surface area is 125 Å². The Kier molecular flexibility index (Phi) is 3.61. The molecule has 1 aromatic carbocycles. The zero-order valence-electron chi connectivity index (χ0n) is 12.3. The van der Waals surface area contributed by atoms with Crippen molar-refractivity contribution in [3.8, 4) is 11.8 Å². The van der Waals surface area contributed by atoms with Crippen molar-refractivity contribution >= 4 is 5.78 Å². The van der Waals surface area contributed by atoms with Crippen molar-refractivity contribution in [2.75, 3.05) is 0 Å². The number of carbonyl (C=O) groups is 1. The molecule has 2 fully saturated rings. The Hall–Kier alpha value is -1.63. The van der Waals surface area contributed by atoms with Crippen molar-refractivity contribution < 1.29 is 15.0 Å². The molecule has 0 heterocycles. The number of aliphatic hydroxyl groups is 2. The molecular weight excluding hydrogens is 264 g/mol. The normalized spacial score (nSPS) is 31.9. The van der Waals surface area contributed by atoms with Crippen LogP contribution in [0.3, 0.4) is 0 Å². The van der Waals surface area contributed by atoms with Crippen molar-refractivity contribution in [2.45, 2.75) is 38.9 Å². The van der Waals surface area contributed by atoms with E-state index in [1.165, 1.54) is 0 Å². The van der Waals surface area contributed by atoms with E-state index in [0.717, 1.165) is 16.7 Å². The molecule has 1 aromatic rings. The summed E-state index contributed by atoms with van der Waals surface area (Å²) < 4.78 is 0. The summed E-state index contributed by atoms with van der Waals surface area (Å²) in [6.07, 6.45) is -0.237. The lowest BCUT2D eigenvalue weighted by Crippen LogP contribution is -2.38. The van der Waals surface area contributed by atoms with Gasteiger partial charge in [0.15, 0.2) is 0 Å². The van der Waals surface area contributed by atoms with E-state index in [1.54, 1.807) is 0 Å². The van der Waals surface area contributed by atoms with E-state index in [1.807, 2.05) is 32.0 Å². The van der Waals surface area contributed by atoms with Gasteiger partial charge in [-0.1, -0.05) is 35.6 Å². The van der Waals surface area contributed by atoms with Crippen LogP contribution in [-0.4, -0.2) is 22.1 Å². The molecule has 0 spiro atoms. The van der Waals surface area contributed by atoms with Crippen LogP contribution in [-0.2, 0) is 4.79 Å². The molecule has 0 saturated heterocycles. The number of aliphatic hydroxyl groups excluding tert-OH is 2. The third-order valence-electron chi connectivity index (χ3n) is 4.85. The molecule has 0 aliphatic heterocycles. The predicted octanol–water partition coefficient (Wildman–Crippen LogP) is 1.93. The van der Waals surface area contributed by atoms with Crippen LogP contribution < -0.4 is 0 Å². The highest BCUT2D eigenvalue weighted by Gasteiger charge is 2.52. The van der Waals surface area contributed by atoms with Crippen molar-refractivity contribution in [3.05, 3.63) is 34.9 Å². The number of carbonyl (C=O) groups excluding carboxylic acids is 1. The molecule has 5 unspecified atom stereocenters.